The first-order valence-electron chi connectivity index (χ1n) is 8.90. The Kier molecular flexibility index (Phi) is 4.89. The molecule has 3 aromatic carbocycles. The summed E-state index contributed by atoms with van der Waals surface area (Å²) in [5.41, 5.74) is 2.53. The Morgan fingerprint density at radius 3 is 2.39 bits per heavy atom. The summed E-state index contributed by atoms with van der Waals surface area (Å²) in [6.07, 6.45) is 1.68. The van der Waals surface area contributed by atoms with Gasteiger partial charge in [-0.05, 0) is 30.3 Å². The van der Waals surface area contributed by atoms with E-state index in [1.165, 1.54) is 0 Å². The van der Waals surface area contributed by atoms with Gasteiger partial charge in [-0.15, -0.1) is 0 Å². The number of ketones is 1. The largest absolute Gasteiger partial charge is 0.485 e. The second-order valence-corrected chi connectivity index (χ2v) is 6.28. The summed E-state index contributed by atoms with van der Waals surface area (Å²) in [7, 11) is 0. The Morgan fingerprint density at radius 2 is 1.54 bits per heavy atom. The van der Waals surface area contributed by atoms with Crippen molar-refractivity contribution in [1.82, 2.24) is 4.98 Å². The molecule has 2 N–H and O–H groups in total. The zero-order chi connectivity index (χ0) is 19.3. The molecule has 0 spiro atoms. The lowest BCUT2D eigenvalue weighted by atomic mass is 10.1. The molecule has 0 fully saturated rings. The Bertz CT molecular complexity index is 1130. The molecule has 0 atom stereocenters. The molecule has 0 bridgehead atoms. The van der Waals surface area contributed by atoms with E-state index >= 15 is 0 Å². The van der Waals surface area contributed by atoms with Crippen LogP contribution >= 0.6 is 0 Å². The van der Waals surface area contributed by atoms with Gasteiger partial charge >= 0.3 is 0 Å². The van der Waals surface area contributed by atoms with Crippen LogP contribution in [0.1, 0.15) is 20.7 Å². The van der Waals surface area contributed by atoms with Gasteiger partial charge in [-0.2, -0.15) is 0 Å². The predicted molar refractivity (Wildman–Crippen MR) is 109 cm³/mol. The molecule has 0 saturated heterocycles. The van der Waals surface area contributed by atoms with Crippen LogP contribution in [0.25, 0.3) is 10.9 Å². The van der Waals surface area contributed by atoms with Gasteiger partial charge in [0, 0.05) is 28.4 Å². The third kappa shape index (κ3) is 3.64. The van der Waals surface area contributed by atoms with Crippen LogP contribution in [0.2, 0.25) is 0 Å². The first kappa shape index (κ1) is 17.5. The smallest absolute Gasteiger partial charge is 0.259 e. The Balaban J connectivity index is 1.49. The van der Waals surface area contributed by atoms with Gasteiger partial charge in [-0.1, -0.05) is 48.5 Å². The van der Waals surface area contributed by atoms with Crippen LogP contribution in [0.4, 0.5) is 5.69 Å². The minimum absolute atomic E-state index is 0.155. The number of hydrogen-bond acceptors (Lipinski definition) is 3. The molecule has 0 aliphatic carbocycles. The van der Waals surface area contributed by atoms with E-state index in [-0.39, 0.29) is 18.3 Å². The molecule has 0 aliphatic heterocycles. The molecule has 5 nitrogen and oxygen atoms in total. The molecule has 1 aromatic heterocycles. The summed E-state index contributed by atoms with van der Waals surface area (Å²) >= 11 is 0. The SMILES string of the molecule is O=C(Nc1ccccc1)c1ccccc1OCC(=O)c1c[nH]c2ccccc12. The fraction of sp³-hybridized carbons (Fsp3) is 0.0435. The molecule has 0 aliphatic rings. The number of fused-ring (bicyclic) bond motifs is 1. The van der Waals surface area contributed by atoms with Gasteiger partial charge in [-0.25, -0.2) is 0 Å². The second-order valence-electron chi connectivity index (χ2n) is 6.28. The molecular weight excluding hydrogens is 352 g/mol. The molecule has 4 rings (SSSR count). The number of para-hydroxylation sites is 3. The maximum atomic E-state index is 12.6. The van der Waals surface area contributed by atoms with Crippen molar-refractivity contribution in [2.75, 3.05) is 11.9 Å². The lowest BCUT2D eigenvalue weighted by Gasteiger charge is -2.11. The zero-order valence-electron chi connectivity index (χ0n) is 15.0. The third-order valence-electron chi connectivity index (χ3n) is 4.41. The van der Waals surface area contributed by atoms with E-state index in [0.29, 0.717) is 22.6 Å². The number of Topliss-reactive ketones (excluding diaryl/α,β-unsaturated/α-hetero) is 1. The van der Waals surface area contributed by atoms with Gasteiger partial charge in [0.25, 0.3) is 5.91 Å². The summed E-state index contributed by atoms with van der Waals surface area (Å²) in [4.78, 5) is 28.3. The van der Waals surface area contributed by atoms with Gasteiger partial charge < -0.3 is 15.0 Å². The fourth-order valence-corrected chi connectivity index (χ4v) is 3.02. The summed E-state index contributed by atoms with van der Waals surface area (Å²) in [6, 6.07) is 23.7. The highest BCUT2D eigenvalue weighted by Crippen LogP contribution is 2.22. The van der Waals surface area contributed by atoms with Gasteiger partial charge in [0.1, 0.15) is 5.75 Å². The Morgan fingerprint density at radius 1 is 0.821 bits per heavy atom. The molecular formula is C23H18N2O3. The van der Waals surface area contributed by atoms with Crippen LogP contribution < -0.4 is 10.1 Å². The molecule has 0 radical (unpaired) electrons. The van der Waals surface area contributed by atoms with E-state index in [0.717, 1.165) is 10.9 Å². The number of carbonyl (C=O) groups excluding carboxylic acids is 2. The van der Waals surface area contributed by atoms with E-state index in [2.05, 4.69) is 10.3 Å². The van der Waals surface area contributed by atoms with Crippen LogP contribution in [-0.2, 0) is 0 Å². The Hall–Kier alpha value is -3.86. The summed E-state index contributed by atoms with van der Waals surface area (Å²) in [5.74, 6) is -0.0822. The van der Waals surface area contributed by atoms with Crippen molar-refractivity contribution >= 4 is 28.3 Å². The Labute approximate surface area is 162 Å². The van der Waals surface area contributed by atoms with Gasteiger partial charge in [0.2, 0.25) is 5.78 Å². The molecule has 28 heavy (non-hydrogen) atoms. The molecule has 5 heteroatoms. The number of amides is 1. The van der Waals surface area contributed by atoms with Crippen LogP contribution in [0.5, 0.6) is 5.75 Å². The standard InChI is InChI=1S/C23H18N2O3/c26-21(19-14-24-20-12-6-4-10-17(19)20)15-28-22-13-7-5-11-18(22)23(27)25-16-8-2-1-3-9-16/h1-14,24H,15H2,(H,25,27). The van der Waals surface area contributed by atoms with Crippen LogP contribution in [0, 0.1) is 0 Å². The van der Waals surface area contributed by atoms with Crippen molar-refractivity contribution in [2.24, 2.45) is 0 Å². The van der Waals surface area contributed by atoms with Gasteiger partial charge in [0.15, 0.2) is 6.61 Å². The molecule has 0 unspecified atom stereocenters. The van der Waals surface area contributed by atoms with Crippen LogP contribution in [-0.4, -0.2) is 23.3 Å². The van der Waals surface area contributed by atoms with E-state index in [1.54, 1.807) is 30.5 Å². The van der Waals surface area contributed by atoms with Crippen LogP contribution in [0.3, 0.4) is 0 Å². The maximum absolute atomic E-state index is 12.6. The van der Waals surface area contributed by atoms with Crippen molar-refractivity contribution < 1.29 is 14.3 Å². The number of benzene rings is 3. The van der Waals surface area contributed by atoms with Crippen LogP contribution in [0.15, 0.2) is 85.1 Å². The highest BCUT2D eigenvalue weighted by atomic mass is 16.5. The average molecular weight is 370 g/mol. The number of ether oxygens (including phenoxy) is 1. The molecule has 0 saturated carbocycles. The minimum atomic E-state index is -0.290. The highest BCUT2D eigenvalue weighted by Gasteiger charge is 2.16. The average Bonchev–Trinajstić information content (AvgIpc) is 3.17. The maximum Gasteiger partial charge on any atom is 0.259 e. The van der Waals surface area contributed by atoms with E-state index in [9.17, 15) is 9.59 Å². The fourth-order valence-electron chi connectivity index (χ4n) is 3.02. The monoisotopic (exact) mass is 370 g/mol. The predicted octanol–water partition coefficient (Wildman–Crippen LogP) is 4.68. The lowest BCUT2D eigenvalue weighted by Crippen LogP contribution is -2.16. The van der Waals surface area contributed by atoms with E-state index in [1.807, 2.05) is 54.6 Å². The quantitative estimate of drug-likeness (QED) is 0.484. The molecule has 138 valence electrons. The summed E-state index contributed by atoms with van der Waals surface area (Å²) in [6.45, 7) is -0.155. The number of H-pyrrole nitrogens is 1. The van der Waals surface area contributed by atoms with Crippen molar-refractivity contribution in [3.05, 3.63) is 96.2 Å². The topological polar surface area (TPSA) is 71.2 Å². The first-order chi connectivity index (χ1) is 13.7. The van der Waals surface area contributed by atoms with Crippen molar-refractivity contribution in [1.29, 1.82) is 0 Å². The second kappa shape index (κ2) is 7.80. The number of carbonyl (C=O) groups is 2. The van der Waals surface area contributed by atoms with Crippen molar-refractivity contribution in [3.8, 4) is 5.75 Å². The number of aromatic amines is 1. The number of hydrogen-bond donors (Lipinski definition) is 2. The van der Waals surface area contributed by atoms with Crippen molar-refractivity contribution in [2.45, 2.75) is 0 Å². The van der Waals surface area contributed by atoms with E-state index < -0.39 is 0 Å². The van der Waals surface area contributed by atoms with E-state index in [4.69, 9.17) is 4.74 Å². The summed E-state index contributed by atoms with van der Waals surface area (Å²) in [5, 5.41) is 3.68. The van der Waals surface area contributed by atoms with Gasteiger partial charge in [0.05, 0.1) is 5.56 Å². The van der Waals surface area contributed by atoms with Gasteiger partial charge in [-0.3, -0.25) is 9.59 Å². The number of rotatable bonds is 6. The lowest BCUT2D eigenvalue weighted by molar-refractivity contribution is 0.0916. The normalized spacial score (nSPS) is 10.6. The minimum Gasteiger partial charge on any atom is -0.485 e. The first-order valence-corrected chi connectivity index (χ1v) is 8.90. The number of anilines is 1. The molecule has 4 aromatic rings. The zero-order valence-corrected chi connectivity index (χ0v) is 15.0. The van der Waals surface area contributed by atoms with Crippen molar-refractivity contribution in [3.63, 3.8) is 0 Å². The third-order valence-corrected chi connectivity index (χ3v) is 4.41. The molecule has 1 amide bonds. The number of nitrogens with one attached hydrogen (secondary N) is 2. The molecule has 1 heterocycles. The highest BCUT2D eigenvalue weighted by molar-refractivity contribution is 6.09. The number of aromatic nitrogens is 1. The summed E-state index contributed by atoms with van der Waals surface area (Å²) < 4.78 is 5.71.